The van der Waals surface area contributed by atoms with Crippen LogP contribution in [0.25, 0.3) is 0 Å². The summed E-state index contributed by atoms with van der Waals surface area (Å²) in [5.74, 6) is -1.02. The minimum absolute atomic E-state index is 0.0575. The Hall–Kier alpha value is -1.50. The van der Waals surface area contributed by atoms with Crippen LogP contribution in [0.3, 0.4) is 0 Å². The summed E-state index contributed by atoms with van der Waals surface area (Å²) in [5, 5.41) is 9.19. The van der Waals surface area contributed by atoms with Crippen molar-refractivity contribution in [2.45, 2.75) is 4.90 Å². The van der Waals surface area contributed by atoms with E-state index < -0.39 is 15.8 Å². The molecule has 0 radical (unpaired) electrons. The second kappa shape index (κ2) is 5.47. The lowest BCUT2D eigenvalue weighted by Gasteiger charge is -2.10. The second-order valence-electron chi connectivity index (χ2n) is 3.85. The van der Waals surface area contributed by atoms with Crippen molar-refractivity contribution in [1.29, 1.82) is 0 Å². The molecule has 0 aliphatic heterocycles. The first-order chi connectivity index (χ1) is 9.29. The molecule has 0 saturated heterocycles. The lowest BCUT2D eigenvalue weighted by Crippen LogP contribution is -2.13. The highest BCUT2D eigenvalue weighted by Crippen LogP contribution is 2.35. The molecule has 0 amide bonds. The molecule has 0 spiro atoms. The van der Waals surface area contributed by atoms with Gasteiger partial charge >= 0.3 is 0 Å². The van der Waals surface area contributed by atoms with Gasteiger partial charge in [0.25, 0.3) is 10.0 Å². The topological polar surface area (TPSA) is 66.4 Å². The van der Waals surface area contributed by atoms with E-state index in [1.807, 2.05) is 0 Å². The number of anilines is 1. The minimum Gasteiger partial charge on any atom is -0.505 e. The molecule has 20 heavy (non-hydrogen) atoms. The minimum atomic E-state index is -3.97. The standard InChI is InChI=1S/C12H8Cl2FNO3S/c13-10-5-8(6-11(14)12(10)17)16-20(18,19)9-3-1-2-7(15)4-9/h1-6,16-17H. The quantitative estimate of drug-likeness (QED) is 0.841. The van der Waals surface area contributed by atoms with Crippen molar-refractivity contribution in [1.82, 2.24) is 0 Å². The number of sulfonamides is 1. The van der Waals surface area contributed by atoms with Gasteiger partial charge in [-0.15, -0.1) is 0 Å². The molecule has 2 aromatic carbocycles. The first-order valence-corrected chi connectivity index (χ1v) is 7.50. The van der Waals surface area contributed by atoms with Crippen molar-refractivity contribution in [3.63, 3.8) is 0 Å². The summed E-state index contributed by atoms with van der Waals surface area (Å²) in [6.45, 7) is 0. The van der Waals surface area contributed by atoms with Gasteiger partial charge in [-0.25, -0.2) is 12.8 Å². The van der Waals surface area contributed by atoms with Gasteiger partial charge in [0.05, 0.1) is 20.6 Å². The Labute approximate surface area is 124 Å². The van der Waals surface area contributed by atoms with Crippen molar-refractivity contribution < 1.29 is 17.9 Å². The largest absolute Gasteiger partial charge is 0.505 e. The van der Waals surface area contributed by atoms with E-state index in [1.165, 1.54) is 24.3 Å². The predicted octanol–water partition coefficient (Wildman–Crippen LogP) is 3.64. The average molecular weight is 336 g/mol. The average Bonchev–Trinajstić information content (AvgIpc) is 2.35. The summed E-state index contributed by atoms with van der Waals surface area (Å²) in [7, 11) is -3.97. The summed E-state index contributed by atoms with van der Waals surface area (Å²) in [5.41, 5.74) is 0.0575. The second-order valence-corrected chi connectivity index (χ2v) is 6.35. The highest BCUT2D eigenvalue weighted by atomic mass is 35.5. The Morgan fingerprint density at radius 1 is 1.10 bits per heavy atom. The van der Waals surface area contributed by atoms with Gasteiger partial charge in [-0.3, -0.25) is 4.72 Å². The van der Waals surface area contributed by atoms with Gasteiger partial charge in [0.1, 0.15) is 5.82 Å². The lowest BCUT2D eigenvalue weighted by molar-refractivity contribution is 0.476. The highest BCUT2D eigenvalue weighted by molar-refractivity contribution is 7.92. The number of hydrogen-bond donors (Lipinski definition) is 2. The lowest BCUT2D eigenvalue weighted by atomic mass is 10.3. The number of phenols is 1. The van der Waals surface area contributed by atoms with Gasteiger partial charge in [0.2, 0.25) is 0 Å². The maximum Gasteiger partial charge on any atom is 0.261 e. The zero-order chi connectivity index (χ0) is 14.9. The van der Waals surface area contributed by atoms with Crippen LogP contribution in [-0.4, -0.2) is 13.5 Å². The maximum absolute atomic E-state index is 13.0. The number of nitrogens with one attached hydrogen (secondary N) is 1. The summed E-state index contributed by atoms with van der Waals surface area (Å²) < 4.78 is 39.3. The first kappa shape index (κ1) is 14.9. The fourth-order valence-corrected chi connectivity index (χ4v) is 3.03. The number of aromatic hydroxyl groups is 1. The first-order valence-electron chi connectivity index (χ1n) is 5.26. The third-order valence-corrected chi connectivity index (χ3v) is 4.33. The number of hydrogen-bond acceptors (Lipinski definition) is 3. The molecule has 0 aromatic heterocycles. The number of rotatable bonds is 3. The molecule has 0 unspecified atom stereocenters. The SMILES string of the molecule is O=S(=O)(Nc1cc(Cl)c(O)c(Cl)c1)c1cccc(F)c1. The number of halogens is 3. The third-order valence-electron chi connectivity index (χ3n) is 2.38. The van der Waals surface area contributed by atoms with E-state index in [4.69, 9.17) is 23.2 Å². The Bertz CT molecular complexity index is 742. The van der Waals surface area contributed by atoms with Crippen molar-refractivity contribution in [3.05, 3.63) is 52.3 Å². The van der Waals surface area contributed by atoms with E-state index >= 15 is 0 Å². The molecule has 0 atom stereocenters. The summed E-state index contributed by atoms with van der Waals surface area (Å²) >= 11 is 11.4. The number of benzene rings is 2. The molecule has 0 heterocycles. The molecule has 0 fully saturated rings. The molecular formula is C12H8Cl2FNO3S. The molecule has 2 N–H and O–H groups in total. The van der Waals surface area contributed by atoms with E-state index in [-0.39, 0.29) is 26.4 Å². The molecule has 0 saturated carbocycles. The Morgan fingerprint density at radius 2 is 1.70 bits per heavy atom. The molecule has 106 valence electrons. The molecule has 8 heteroatoms. The van der Waals surface area contributed by atoms with Crippen molar-refractivity contribution in [2.24, 2.45) is 0 Å². The Balaban J connectivity index is 2.38. The van der Waals surface area contributed by atoms with Crippen LogP contribution in [0, 0.1) is 5.82 Å². The van der Waals surface area contributed by atoms with Crippen LogP contribution in [0.1, 0.15) is 0 Å². The summed E-state index contributed by atoms with van der Waals surface area (Å²) in [6.07, 6.45) is 0. The van der Waals surface area contributed by atoms with E-state index in [0.29, 0.717) is 0 Å². The summed E-state index contributed by atoms with van der Waals surface area (Å²) in [4.78, 5) is -0.238. The van der Waals surface area contributed by atoms with Gasteiger partial charge < -0.3 is 5.11 Å². The zero-order valence-electron chi connectivity index (χ0n) is 9.77. The van der Waals surface area contributed by atoms with Gasteiger partial charge in [-0.05, 0) is 30.3 Å². The monoisotopic (exact) mass is 335 g/mol. The van der Waals surface area contributed by atoms with Crippen molar-refractivity contribution >= 4 is 38.9 Å². The van der Waals surface area contributed by atoms with Gasteiger partial charge in [0.15, 0.2) is 5.75 Å². The van der Waals surface area contributed by atoms with E-state index in [0.717, 1.165) is 12.1 Å². The van der Waals surface area contributed by atoms with Crippen molar-refractivity contribution in [2.75, 3.05) is 4.72 Å². The van der Waals surface area contributed by atoms with Gasteiger partial charge in [0, 0.05) is 0 Å². The number of phenolic OH excluding ortho intramolecular Hbond substituents is 1. The van der Waals surface area contributed by atoms with Crippen LogP contribution in [-0.2, 0) is 10.0 Å². The normalized spacial score (nSPS) is 11.3. The van der Waals surface area contributed by atoms with Crippen LogP contribution in [0.2, 0.25) is 10.0 Å². The van der Waals surface area contributed by atoms with Crippen LogP contribution < -0.4 is 4.72 Å². The smallest absolute Gasteiger partial charge is 0.261 e. The molecule has 4 nitrogen and oxygen atoms in total. The van der Waals surface area contributed by atoms with Crippen LogP contribution in [0.5, 0.6) is 5.75 Å². The Morgan fingerprint density at radius 3 is 2.25 bits per heavy atom. The van der Waals surface area contributed by atoms with Gasteiger partial charge in [-0.2, -0.15) is 0 Å². The molecule has 2 rings (SSSR count). The van der Waals surface area contributed by atoms with Crippen LogP contribution >= 0.6 is 23.2 Å². The fourth-order valence-electron chi connectivity index (χ4n) is 1.47. The molecule has 2 aromatic rings. The predicted molar refractivity (Wildman–Crippen MR) is 75.3 cm³/mol. The Kier molecular flexibility index (Phi) is 4.08. The fraction of sp³-hybridized carbons (Fsp3) is 0. The molecule has 0 aliphatic carbocycles. The van der Waals surface area contributed by atoms with Crippen molar-refractivity contribution in [3.8, 4) is 5.75 Å². The molecule has 0 aliphatic rings. The van der Waals surface area contributed by atoms with E-state index in [9.17, 15) is 17.9 Å². The highest BCUT2D eigenvalue weighted by Gasteiger charge is 2.16. The van der Waals surface area contributed by atoms with Crippen LogP contribution in [0.15, 0.2) is 41.3 Å². The summed E-state index contributed by atoms with van der Waals surface area (Å²) in [6, 6.07) is 6.92. The van der Waals surface area contributed by atoms with Crippen LogP contribution in [0.4, 0.5) is 10.1 Å². The maximum atomic E-state index is 13.0. The zero-order valence-corrected chi connectivity index (χ0v) is 12.1. The molecule has 0 bridgehead atoms. The van der Waals surface area contributed by atoms with Gasteiger partial charge in [-0.1, -0.05) is 29.3 Å². The van der Waals surface area contributed by atoms with E-state index in [2.05, 4.69) is 4.72 Å². The third kappa shape index (κ3) is 3.15. The molecular weight excluding hydrogens is 328 g/mol. The van der Waals surface area contributed by atoms with E-state index in [1.54, 1.807) is 0 Å².